The van der Waals surface area contributed by atoms with Crippen molar-refractivity contribution >= 4 is 12.4 Å². The molecule has 0 aliphatic carbocycles. The van der Waals surface area contributed by atoms with Crippen molar-refractivity contribution in [2.45, 2.75) is 0 Å². The van der Waals surface area contributed by atoms with Crippen molar-refractivity contribution in [3.05, 3.63) is 35.4 Å². The normalized spacial score (nSPS) is 10.5. The van der Waals surface area contributed by atoms with Crippen LogP contribution in [0.4, 0.5) is 8.78 Å². The number of benzene rings is 1. The summed E-state index contributed by atoms with van der Waals surface area (Å²) in [5.41, 5.74) is 0.318. The molecule has 0 aliphatic heterocycles. The fourth-order valence-electron chi connectivity index (χ4n) is 0.994. The van der Waals surface area contributed by atoms with Gasteiger partial charge >= 0.3 is 0 Å². The molecule has 0 amide bonds. The predicted octanol–water partition coefficient (Wildman–Crippen LogP) is 2.19. The molecule has 0 heterocycles. The van der Waals surface area contributed by atoms with Gasteiger partial charge in [0.05, 0.1) is 7.11 Å². The molecule has 74 valence electrons. The number of allylic oxidation sites excluding steroid dienone is 1. The molecule has 0 spiro atoms. The number of hydrogen-bond acceptors (Lipinski definition) is 2. The lowest BCUT2D eigenvalue weighted by Crippen LogP contribution is -1.92. The van der Waals surface area contributed by atoms with Crippen molar-refractivity contribution in [3.63, 3.8) is 0 Å². The second-order valence-electron chi connectivity index (χ2n) is 2.50. The Hall–Kier alpha value is -1.71. The first kappa shape index (κ1) is 10.4. The Balaban J connectivity index is 3.19. The molecule has 4 heteroatoms. The third-order valence-corrected chi connectivity index (χ3v) is 1.63. The number of halogens is 2. The molecule has 1 aromatic rings. The smallest absolute Gasteiger partial charge is 0.162 e. The first-order chi connectivity index (χ1) is 6.69. The Kier molecular flexibility index (Phi) is 3.34. The number of aldehydes is 1. The summed E-state index contributed by atoms with van der Waals surface area (Å²) in [6, 6.07) is 1.90. The zero-order valence-corrected chi connectivity index (χ0v) is 7.46. The standard InChI is InChI=1S/C10H8F2O2/c1-14-10-6-9(12)8(11)5-7(10)3-2-4-13/h2-6H,1H3/b3-2+. The quantitative estimate of drug-likeness (QED) is 0.549. The number of carbonyl (C=O) groups is 1. The topological polar surface area (TPSA) is 26.3 Å². The van der Waals surface area contributed by atoms with Crippen LogP contribution in [-0.2, 0) is 4.79 Å². The Bertz CT molecular complexity index is 373. The molecule has 14 heavy (non-hydrogen) atoms. The fourth-order valence-corrected chi connectivity index (χ4v) is 0.994. The van der Waals surface area contributed by atoms with E-state index in [1.165, 1.54) is 19.3 Å². The molecule has 0 saturated carbocycles. The molecule has 0 N–H and O–H groups in total. The van der Waals surface area contributed by atoms with Crippen LogP contribution in [-0.4, -0.2) is 13.4 Å². The van der Waals surface area contributed by atoms with Gasteiger partial charge in [-0.3, -0.25) is 4.79 Å². The highest BCUT2D eigenvalue weighted by Gasteiger charge is 2.07. The van der Waals surface area contributed by atoms with E-state index >= 15 is 0 Å². The first-order valence-electron chi connectivity index (χ1n) is 3.84. The van der Waals surface area contributed by atoms with E-state index in [2.05, 4.69) is 0 Å². The van der Waals surface area contributed by atoms with Gasteiger partial charge in [-0.1, -0.05) is 0 Å². The van der Waals surface area contributed by atoms with Gasteiger partial charge in [0.15, 0.2) is 11.6 Å². The Morgan fingerprint density at radius 2 is 1.93 bits per heavy atom. The first-order valence-corrected chi connectivity index (χ1v) is 3.84. The molecule has 0 fully saturated rings. The van der Waals surface area contributed by atoms with Gasteiger partial charge in [0.25, 0.3) is 0 Å². The summed E-state index contributed by atoms with van der Waals surface area (Å²) < 4.78 is 30.3. The Morgan fingerprint density at radius 3 is 2.50 bits per heavy atom. The molecule has 0 aliphatic rings. The molecule has 0 aromatic heterocycles. The number of hydrogen-bond donors (Lipinski definition) is 0. The van der Waals surface area contributed by atoms with E-state index in [-0.39, 0.29) is 5.75 Å². The second-order valence-corrected chi connectivity index (χ2v) is 2.50. The summed E-state index contributed by atoms with van der Waals surface area (Å²) in [5, 5.41) is 0. The van der Waals surface area contributed by atoms with Crippen LogP contribution in [0, 0.1) is 11.6 Å². The van der Waals surface area contributed by atoms with Gasteiger partial charge in [0.1, 0.15) is 12.0 Å². The van der Waals surface area contributed by atoms with Crippen LogP contribution >= 0.6 is 0 Å². The summed E-state index contributed by atoms with van der Waals surface area (Å²) in [5.74, 6) is -1.77. The maximum absolute atomic E-state index is 12.8. The Labute approximate surface area is 79.8 Å². The number of ether oxygens (including phenoxy) is 1. The lowest BCUT2D eigenvalue weighted by atomic mass is 10.1. The lowest BCUT2D eigenvalue weighted by molar-refractivity contribution is -0.104. The van der Waals surface area contributed by atoms with Crippen LogP contribution < -0.4 is 4.74 Å². The van der Waals surface area contributed by atoms with E-state index in [9.17, 15) is 13.6 Å². The molecule has 1 rings (SSSR count). The zero-order valence-electron chi connectivity index (χ0n) is 7.46. The summed E-state index contributed by atoms with van der Waals surface area (Å²) in [7, 11) is 1.34. The van der Waals surface area contributed by atoms with Gasteiger partial charge in [0.2, 0.25) is 0 Å². The highest BCUT2D eigenvalue weighted by atomic mass is 19.2. The van der Waals surface area contributed by atoms with Crippen LogP contribution in [0.2, 0.25) is 0 Å². The third kappa shape index (κ3) is 2.16. The number of rotatable bonds is 3. The maximum Gasteiger partial charge on any atom is 0.162 e. The molecule has 1 aromatic carbocycles. The number of carbonyl (C=O) groups excluding carboxylic acids is 1. The van der Waals surface area contributed by atoms with Gasteiger partial charge < -0.3 is 4.74 Å². The van der Waals surface area contributed by atoms with Crippen LogP contribution in [0.25, 0.3) is 6.08 Å². The van der Waals surface area contributed by atoms with Gasteiger partial charge in [-0.15, -0.1) is 0 Å². The highest BCUT2D eigenvalue weighted by Crippen LogP contribution is 2.23. The zero-order chi connectivity index (χ0) is 10.6. The predicted molar refractivity (Wildman–Crippen MR) is 48.0 cm³/mol. The summed E-state index contributed by atoms with van der Waals surface area (Å²) in [6.45, 7) is 0. The third-order valence-electron chi connectivity index (χ3n) is 1.63. The molecule has 0 unspecified atom stereocenters. The second kappa shape index (κ2) is 4.50. The van der Waals surface area contributed by atoms with E-state index in [1.54, 1.807) is 0 Å². The van der Waals surface area contributed by atoms with Crippen LogP contribution in [0.5, 0.6) is 5.75 Å². The molecule has 0 atom stereocenters. The van der Waals surface area contributed by atoms with E-state index in [0.717, 1.165) is 12.1 Å². The van der Waals surface area contributed by atoms with E-state index < -0.39 is 11.6 Å². The minimum atomic E-state index is -0.981. The molecule has 0 radical (unpaired) electrons. The summed E-state index contributed by atoms with van der Waals surface area (Å²) in [6.07, 6.45) is 3.06. The van der Waals surface area contributed by atoms with Gasteiger partial charge in [-0.05, 0) is 18.2 Å². The van der Waals surface area contributed by atoms with Gasteiger partial charge in [-0.25, -0.2) is 8.78 Å². The van der Waals surface area contributed by atoms with Gasteiger partial charge in [0, 0.05) is 11.6 Å². The van der Waals surface area contributed by atoms with Crippen LogP contribution in [0.15, 0.2) is 18.2 Å². The molecular weight excluding hydrogens is 190 g/mol. The molecule has 2 nitrogen and oxygen atoms in total. The summed E-state index contributed by atoms with van der Waals surface area (Å²) in [4.78, 5) is 10.0. The summed E-state index contributed by atoms with van der Waals surface area (Å²) >= 11 is 0. The average Bonchev–Trinajstić information content (AvgIpc) is 2.19. The van der Waals surface area contributed by atoms with Crippen molar-refractivity contribution in [2.24, 2.45) is 0 Å². The minimum absolute atomic E-state index is 0.182. The van der Waals surface area contributed by atoms with Crippen molar-refractivity contribution < 1.29 is 18.3 Å². The van der Waals surface area contributed by atoms with Gasteiger partial charge in [-0.2, -0.15) is 0 Å². The van der Waals surface area contributed by atoms with Crippen molar-refractivity contribution in [1.29, 1.82) is 0 Å². The van der Waals surface area contributed by atoms with E-state index in [1.807, 2.05) is 0 Å². The van der Waals surface area contributed by atoms with Crippen LogP contribution in [0.1, 0.15) is 5.56 Å². The number of methoxy groups -OCH3 is 1. The lowest BCUT2D eigenvalue weighted by Gasteiger charge is -2.04. The molecular formula is C10H8F2O2. The largest absolute Gasteiger partial charge is 0.496 e. The van der Waals surface area contributed by atoms with E-state index in [4.69, 9.17) is 4.74 Å². The Morgan fingerprint density at radius 1 is 1.29 bits per heavy atom. The maximum atomic E-state index is 12.8. The van der Waals surface area contributed by atoms with Crippen molar-refractivity contribution in [3.8, 4) is 5.75 Å². The highest BCUT2D eigenvalue weighted by molar-refractivity contribution is 5.75. The monoisotopic (exact) mass is 198 g/mol. The molecule has 0 saturated heterocycles. The molecule has 0 bridgehead atoms. The van der Waals surface area contributed by atoms with E-state index in [0.29, 0.717) is 11.8 Å². The average molecular weight is 198 g/mol. The van der Waals surface area contributed by atoms with Crippen molar-refractivity contribution in [2.75, 3.05) is 7.11 Å². The van der Waals surface area contributed by atoms with Crippen LogP contribution in [0.3, 0.4) is 0 Å². The SMILES string of the molecule is COc1cc(F)c(F)cc1/C=C/C=O. The minimum Gasteiger partial charge on any atom is -0.496 e. The fraction of sp³-hybridized carbons (Fsp3) is 0.100. The van der Waals surface area contributed by atoms with Crippen molar-refractivity contribution in [1.82, 2.24) is 0 Å².